The van der Waals surface area contributed by atoms with Gasteiger partial charge in [0.2, 0.25) is 0 Å². The summed E-state index contributed by atoms with van der Waals surface area (Å²) in [7, 11) is 3.27. The van der Waals surface area contributed by atoms with Crippen LogP contribution in [0.2, 0.25) is 0 Å². The van der Waals surface area contributed by atoms with Gasteiger partial charge >= 0.3 is 0 Å². The van der Waals surface area contributed by atoms with Crippen LogP contribution < -0.4 is 15.2 Å². The van der Waals surface area contributed by atoms with Gasteiger partial charge in [0.05, 0.1) is 19.9 Å². The third-order valence-corrected chi connectivity index (χ3v) is 4.26. The average molecular weight is 413 g/mol. The molecule has 5 heteroatoms. The quantitative estimate of drug-likeness (QED) is 0.568. The Labute approximate surface area is 141 Å². The van der Waals surface area contributed by atoms with E-state index in [-0.39, 0.29) is 0 Å². The van der Waals surface area contributed by atoms with Crippen LogP contribution in [0.25, 0.3) is 12.2 Å². The molecular formula is C16H15Br2NO2. The molecule has 0 saturated heterocycles. The van der Waals surface area contributed by atoms with Crippen molar-refractivity contribution in [3.05, 3.63) is 50.4 Å². The largest absolute Gasteiger partial charge is 0.497 e. The maximum absolute atomic E-state index is 5.88. The van der Waals surface area contributed by atoms with Crippen LogP contribution in [-0.2, 0) is 0 Å². The molecule has 0 spiro atoms. The van der Waals surface area contributed by atoms with Crippen molar-refractivity contribution in [1.29, 1.82) is 0 Å². The molecule has 0 aliphatic rings. The highest BCUT2D eigenvalue weighted by Crippen LogP contribution is 2.30. The lowest BCUT2D eigenvalue weighted by atomic mass is 10.1. The summed E-state index contributed by atoms with van der Waals surface area (Å²) in [6.45, 7) is 0. The van der Waals surface area contributed by atoms with Crippen molar-refractivity contribution >= 4 is 49.7 Å². The van der Waals surface area contributed by atoms with Crippen LogP contribution in [-0.4, -0.2) is 14.2 Å². The van der Waals surface area contributed by atoms with Crippen LogP contribution in [0.3, 0.4) is 0 Å². The Bertz CT molecular complexity index is 639. The minimum absolute atomic E-state index is 0.690. The second-order valence-corrected chi connectivity index (χ2v) is 6.09. The van der Waals surface area contributed by atoms with Crippen molar-refractivity contribution in [2.24, 2.45) is 0 Å². The molecule has 0 unspecified atom stereocenters. The SMILES string of the molecule is COc1cc(/C=C/c2cc(Br)c(N)c(Br)c2)cc(OC)c1. The molecule has 110 valence electrons. The van der Waals surface area contributed by atoms with Gasteiger partial charge in [-0.3, -0.25) is 0 Å². The minimum atomic E-state index is 0.690. The van der Waals surface area contributed by atoms with Crippen molar-refractivity contribution < 1.29 is 9.47 Å². The van der Waals surface area contributed by atoms with Crippen molar-refractivity contribution in [3.63, 3.8) is 0 Å². The molecule has 21 heavy (non-hydrogen) atoms. The molecule has 3 nitrogen and oxygen atoms in total. The number of rotatable bonds is 4. The molecule has 0 aliphatic carbocycles. The summed E-state index contributed by atoms with van der Waals surface area (Å²) < 4.78 is 12.2. The Morgan fingerprint density at radius 1 is 0.810 bits per heavy atom. The van der Waals surface area contributed by atoms with E-state index in [1.54, 1.807) is 14.2 Å². The minimum Gasteiger partial charge on any atom is -0.497 e. The second kappa shape index (κ2) is 7.00. The van der Waals surface area contributed by atoms with Crippen LogP contribution in [0.15, 0.2) is 39.3 Å². The number of benzene rings is 2. The third kappa shape index (κ3) is 4.02. The van der Waals surface area contributed by atoms with E-state index in [1.165, 1.54) is 0 Å². The predicted molar refractivity (Wildman–Crippen MR) is 94.7 cm³/mol. The van der Waals surface area contributed by atoms with Crippen LogP contribution >= 0.6 is 31.9 Å². The number of ether oxygens (including phenoxy) is 2. The number of methoxy groups -OCH3 is 2. The van der Waals surface area contributed by atoms with Crippen LogP contribution in [0.5, 0.6) is 11.5 Å². The topological polar surface area (TPSA) is 44.5 Å². The zero-order valence-corrected chi connectivity index (χ0v) is 14.9. The van der Waals surface area contributed by atoms with Gasteiger partial charge in [0.1, 0.15) is 11.5 Å². The van der Waals surface area contributed by atoms with Crippen LogP contribution in [0.1, 0.15) is 11.1 Å². The molecule has 0 radical (unpaired) electrons. The predicted octanol–water partition coefficient (Wildman–Crippen LogP) is 4.98. The second-order valence-electron chi connectivity index (χ2n) is 4.38. The highest BCUT2D eigenvalue weighted by atomic mass is 79.9. The summed E-state index contributed by atoms with van der Waals surface area (Å²) in [6.07, 6.45) is 4.00. The van der Waals surface area contributed by atoms with Gasteiger partial charge in [0, 0.05) is 15.0 Å². The first kappa shape index (κ1) is 15.9. The summed E-state index contributed by atoms with van der Waals surface area (Å²) in [5.41, 5.74) is 8.60. The molecule has 2 aromatic rings. The molecule has 0 saturated carbocycles. The van der Waals surface area contributed by atoms with Gasteiger partial charge in [-0.15, -0.1) is 0 Å². The Morgan fingerprint density at radius 2 is 1.24 bits per heavy atom. The zero-order chi connectivity index (χ0) is 15.4. The van der Waals surface area contributed by atoms with E-state index in [2.05, 4.69) is 31.9 Å². The average Bonchev–Trinajstić information content (AvgIpc) is 2.49. The summed E-state index contributed by atoms with van der Waals surface area (Å²) in [5.74, 6) is 1.52. The van der Waals surface area contributed by atoms with Crippen molar-refractivity contribution in [2.45, 2.75) is 0 Å². The lowest BCUT2D eigenvalue weighted by Gasteiger charge is -2.06. The third-order valence-electron chi connectivity index (χ3n) is 2.94. The Hall–Kier alpha value is -1.46. The Morgan fingerprint density at radius 3 is 1.67 bits per heavy atom. The number of halogens is 2. The summed E-state index contributed by atoms with van der Waals surface area (Å²) in [4.78, 5) is 0. The zero-order valence-electron chi connectivity index (χ0n) is 11.7. The molecule has 0 aliphatic heterocycles. The van der Waals surface area contributed by atoms with E-state index in [4.69, 9.17) is 15.2 Å². The number of hydrogen-bond donors (Lipinski definition) is 1. The van der Waals surface area contributed by atoms with E-state index in [0.717, 1.165) is 31.6 Å². The number of nitrogen functional groups attached to an aromatic ring is 1. The highest BCUT2D eigenvalue weighted by Gasteiger charge is 2.03. The van der Waals surface area contributed by atoms with Gasteiger partial charge in [-0.05, 0) is 67.3 Å². The van der Waals surface area contributed by atoms with Crippen molar-refractivity contribution in [3.8, 4) is 11.5 Å². The number of hydrogen-bond acceptors (Lipinski definition) is 3. The molecule has 0 atom stereocenters. The molecule has 2 aromatic carbocycles. The smallest absolute Gasteiger partial charge is 0.123 e. The van der Waals surface area contributed by atoms with Gasteiger partial charge in [-0.1, -0.05) is 12.2 Å². The van der Waals surface area contributed by atoms with Gasteiger partial charge in [0.25, 0.3) is 0 Å². The first-order valence-corrected chi connectivity index (χ1v) is 7.77. The maximum Gasteiger partial charge on any atom is 0.123 e. The van der Waals surface area contributed by atoms with E-state index >= 15 is 0 Å². The highest BCUT2D eigenvalue weighted by molar-refractivity contribution is 9.11. The fourth-order valence-electron chi connectivity index (χ4n) is 1.82. The molecule has 2 rings (SSSR count). The molecule has 0 amide bonds. The van der Waals surface area contributed by atoms with Gasteiger partial charge < -0.3 is 15.2 Å². The first-order chi connectivity index (χ1) is 10.0. The van der Waals surface area contributed by atoms with Crippen molar-refractivity contribution in [1.82, 2.24) is 0 Å². The standard InChI is InChI=1S/C16H15Br2NO2/c1-20-12-5-10(6-13(9-12)21-2)3-4-11-7-14(17)16(19)15(18)8-11/h3-9H,19H2,1-2H3/b4-3+. The molecule has 0 heterocycles. The lowest BCUT2D eigenvalue weighted by molar-refractivity contribution is 0.394. The summed E-state index contributed by atoms with van der Waals surface area (Å²) >= 11 is 6.88. The molecular weight excluding hydrogens is 398 g/mol. The normalized spacial score (nSPS) is 10.9. The van der Waals surface area contributed by atoms with Crippen LogP contribution in [0, 0.1) is 0 Å². The fraction of sp³-hybridized carbons (Fsp3) is 0.125. The molecule has 0 bridgehead atoms. The van der Waals surface area contributed by atoms with Gasteiger partial charge in [0.15, 0.2) is 0 Å². The Kier molecular flexibility index (Phi) is 5.31. The number of nitrogens with two attached hydrogens (primary N) is 1. The Balaban J connectivity index is 2.33. The van der Waals surface area contributed by atoms with Crippen molar-refractivity contribution in [2.75, 3.05) is 20.0 Å². The van der Waals surface area contributed by atoms with E-state index < -0.39 is 0 Å². The maximum atomic E-state index is 5.88. The van der Waals surface area contributed by atoms with Crippen LogP contribution in [0.4, 0.5) is 5.69 Å². The van der Waals surface area contributed by atoms with Gasteiger partial charge in [-0.2, -0.15) is 0 Å². The lowest BCUT2D eigenvalue weighted by Crippen LogP contribution is -1.89. The summed E-state index contributed by atoms with van der Waals surface area (Å²) in [5, 5.41) is 0. The summed E-state index contributed by atoms with van der Waals surface area (Å²) in [6, 6.07) is 9.66. The first-order valence-electron chi connectivity index (χ1n) is 6.19. The van der Waals surface area contributed by atoms with Gasteiger partial charge in [-0.25, -0.2) is 0 Å². The monoisotopic (exact) mass is 411 g/mol. The molecule has 0 aromatic heterocycles. The fourth-order valence-corrected chi connectivity index (χ4v) is 3.04. The van der Waals surface area contributed by atoms with E-state index in [1.807, 2.05) is 42.5 Å². The van der Waals surface area contributed by atoms with E-state index in [9.17, 15) is 0 Å². The molecule has 0 fully saturated rings. The number of anilines is 1. The molecule has 2 N–H and O–H groups in total. The van der Waals surface area contributed by atoms with E-state index in [0.29, 0.717) is 5.69 Å².